The third-order valence-corrected chi connectivity index (χ3v) is 5.59. The van der Waals surface area contributed by atoms with Gasteiger partial charge in [-0.05, 0) is 37.6 Å². The molecule has 3 N–H and O–H groups in total. The molecule has 142 valence electrons. The highest BCUT2D eigenvalue weighted by Gasteiger charge is 2.35. The fourth-order valence-electron chi connectivity index (χ4n) is 3.77. The third kappa shape index (κ3) is 4.62. The van der Waals surface area contributed by atoms with Crippen molar-refractivity contribution < 1.29 is 9.59 Å². The number of nitrogens with zero attached hydrogens (tertiary/aromatic N) is 2. The Labute approximate surface area is 155 Å². The van der Waals surface area contributed by atoms with Crippen LogP contribution in [0.1, 0.15) is 37.7 Å². The van der Waals surface area contributed by atoms with E-state index in [9.17, 15) is 9.59 Å². The standard InChI is InChI=1S/C20H30N4O2/c1-23-10-12-24(13-11-23)18(25)15-16-6-5-7-17(14-16)22-19(26)20(21)8-3-2-4-9-20/h5-7,14H,2-4,8-13,15,21H2,1H3,(H,22,26). The highest BCUT2D eigenvalue weighted by Crippen LogP contribution is 2.27. The second-order valence-corrected chi connectivity index (χ2v) is 7.73. The van der Waals surface area contributed by atoms with Crippen LogP contribution in [0.25, 0.3) is 0 Å². The van der Waals surface area contributed by atoms with Gasteiger partial charge in [0.25, 0.3) is 0 Å². The second kappa shape index (κ2) is 8.18. The van der Waals surface area contributed by atoms with Crippen molar-refractivity contribution in [3.63, 3.8) is 0 Å². The lowest BCUT2D eigenvalue weighted by Crippen LogP contribution is -2.52. The maximum absolute atomic E-state index is 12.6. The summed E-state index contributed by atoms with van der Waals surface area (Å²) >= 11 is 0. The van der Waals surface area contributed by atoms with E-state index in [1.165, 1.54) is 0 Å². The summed E-state index contributed by atoms with van der Waals surface area (Å²) < 4.78 is 0. The number of likely N-dealkylation sites (N-methyl/N-ethyl adjacent to an activating group) is 1. The number of nitrogens with one attached hydrogen (secondary N) is 1. The largest absolute Gasteiger partial charge is 0.340 e. The first-order valence-corrected chi connectivity index (χ1v) is 9.62. The Kier molecular flexibility index (Phi) is 5.94. The van der Waals surface area contributed by atoms with Gasteiger partial charge in [-0.25, -0.2) is 0 Å². The van der Waals surface area contributed by atoms with E-state index >= 15 is 0 Å². The molecule has 3 rings (SSSR count). The van der Waals surface area contributed by atoms with Gasteiger partial charge < -0.3 is 20.9 Å². The quantitative estimate of drug-likeness (QED) is 0.857. The number of piperazine rings is 1. The van der Waals surface area contributed by atoms with E-state index in [1.807, 2.05) is 29.2 Å². The highest BCUT2D eigenvalue weighted by molar-refractivity contribution is 5.98. The molecule has 6 nitrogen and oxygen atoms in total. The monoisotopic (exact) mass is 358 g/mol. The van der Waals surface area contributed by atoms with Gasteiger partial charge in [-0.1, -0.05) is 31.4 Å². The van der Waals surface area contributed by atoms with Crippen LogP contribution < -0.4 is 11.1 Å². The Morgan fingerprint density at radius 2 is 1.81 bits per heavy atom. The zero-order valence-electron chi connectivity index (χ0n) is 15.7. The van der Waals surface area contributed by atoms with E-state index in [0.717, 1.165) is 63.8 Å². The fraction of sp³-hybridized carbons (Fsp3) is 0.600. The lowest BCUT2D eigenvalue weighted by atomic mass is 9.82. The number of carbonyl (C=O) groups is 2. The Balaban J connectivity index is 1.59. The Morgan fingerprint density at radius 3 is 2.50 bits per heavy atom. The summed E-state index contributed by atoms with van der Waals surface area (Å²) in [5, 5.41) is 2.96. The van der Waals surface area contributed by atoms with Gasteiger partial charge in [0.2, 0.25) is 11.8 Å². The van der Waals surface area contributed by atoms with Crippen LogP contribution in [-0.4, -0.2) is 60.4 Å². The zero-order chi connectivity index (χ0) is 18.6. The molecule has 0 unspecified atom stereocenters. The van der Waals surface area contributed by atoms with Crippen molar-refractivity contribution in [3.05, 3.63) is 29.8 Å². The summed E-state index contributed by atoms with van der Waals surface area (Å²) in [7, 11) is 2.07. The molecule has 26 heavy (non-hydrogen) atoms. The van der Waals surface area contributed by atoms with Crippen molar-refractivity contribution in [2.45, 2.75) is 44.1 Å². The normalized spacial score (nSPS) is 20.6. The first-order chi connectivity index (χ1) is 12.5. The van der Waals surface area contributed by atoms with Gasteiger partial charge in [0, 0.05) is 31.9 Å². The molecule has 0 atom stereocenters. The topological polar surface area (TPSA) is 78.7 Å². The molecule has 0 radical (unpaired) electrons. The molecule has 1 saturated carbocycles. The molecular formula is C20H30N4O2. The molecule has 1 aliphatic heterocycles. The minimum absolute atomic E-state index is 0.111. The summed E-state index contributed by atoms with van der Waals surface area (Å²) in [5.74, 6) is 0.0314. The van der Waals surface area contributed by atoms with Crippen LogP contribution in [0.3, 0.4) is 0 Å². The molecule has 0 spiro atoms. The Bertz CT molecular complexity index is 647. The van der Waals surface area contributed by atoms with Crippen LogP contribution in [0.4, 0.5) is 5.69 Å². The predicted molar refractivity (Wildman–Crippen MR) is 103 cm³/mol. The van der Waals surface area contributed by atoms with Gasteiger partial charge >= 0.3 is 0 Å². The lowest BCUT2D eigenvalue weighted by Gasteiger charge is -2.32. The number of nitrogens with two attached hydrogens (primary N) is 1. The van der Waals surface area contributed by atoms with E-state index < -0.39 is 5.54 Å². The van der Waals surface area contributed by atoms with Crippen molar-refractivity contribution in [2.75, 3.05) is 38.5 Å². The molecule has 1 saturated heterocycles. The summed E-state index contributed by atoms with van der Waals surface area (Å²) in [4.78, 5) is 29.2. The van der Waals surface area contributed by atoms with Crippen LogP contribution >= 0.6 is 0 Å². The number of amides is 2. The van der Waals surface area contributed by atoms with E-state index in [2.05, 4.69) is 17.3 Å². The van der Waals surface area contributed by atoms with Gasteiger partial charge in [-0.15, -0.1) is 0 Å². The van der Waals surface area contributed by atoms with Gasteiger partial charge in [0.05, 0.1) is 12.0 Å². The van der Waals surface area contributed by atoms with E-state index in [1.54, 1.807) is 0 Å². The van der Waals surface area contributed by atoms with E-state index in [-0.39, 0.29) is 11.8 Å². The maximum atomic E-state index is 12.6. The number of hydrogen-bond donors (Lipinski definition) is 2. The van der Waals surface area contributed by atoms with Crippen molar-refractivity contribution in [2.24, 2.45) is 5.73 Å². The first kappa shape index (κ1) is 18.9. The smallest absolute Gasteiger partial charge is 0.244 e. The molecule has 1 aromatic rings. The summed E-state index contributed by atoms with van der Waals surface area (Å²) in [6.07, 6.45) is 4.99. The highest BCUT2D eigenvalue weighted by atomic mass is 16.2. The Hall–Kier alpha value is -1.92. The molecule has 2 aliphatic rings. The molecule has 1 aliphatic carbocycles. The number of benzene rings is 1. The summed E-state index contributed by atoms with van der Waals surface area (Å²) in [6, 6.07) is 7.56. The first-order valence-electron chi connectivity index (χ1n) is 9.62. The fourth-order valence-corrected chi connectivity index (χ4v) is 3.77. The third-order valence-electron chi connectivity index (χ3n) is 5.59. The second-order valence-electron chi connectivity index (χ2n) is 7.73. The summed E-state index contributed by atoms with van der Waals surface area (Å²) in [6.45, 7) is 3.39. The summed E-state index contributed by atoms with van der Waals surface area (Å²) in [5.41, 5.74) is 7.18. The average molecular weight is 358 g/mol. The molecule has 0 aromatic heterocycles. The molecular weight excluding hydrogens is 328 g/mol. The minimum Gasteiger partial charge on any atom is -0.340 e. The van der Waals surface area contributed by atoms with Gasteiger partial charge in [0.1, 0.15) is 0 Å². The SMILES string of the molecule is CN1CCN(C(=O)Cc2cccc(NC(=O)C3(N)CCCCC3)c2)CC1. The predicted octanol–water partition coefficient (Wildman–Crippen LogP) is 1.60. The number of hydrogen-bond acceptors (Lipinski definition) is 4. The van der Waals surface area contributed by atoms with Crippen molar-refractivity contribution in [1.29, 1.82) is 0 Å². The van der Waals surface area contributed by atoms with Crippen LogP contribution in [0.5, 0.6) is 0 Å². The van der Waals surface area contributed by atoms with Crippen LogP contribution in [0.2, 0.25) is 0 Å². The van der Waals surface area contributed by atoms with Gasteiger partial charge in [-0.3, -0.25) is 9.59 Å². The Morgan fingerprint density at radius 1 is 1.12 bits per heavy atom. The number of carbonyl (C=O) groups excluding carboxylic acids is 2. The van der Waals surface area contributed by atoms with Gasteiger partial charge in [0.15, 0.2) is 0 Å². The van der Waals surface area contributed by atoms with E-state index in [0.29, 0.717) is 12.1 Å². The van der Waals surface area contributed by atoms with Crippen molar-refractivity contribution >= 4 is 17.5 Å². The average Bonchev–Trinajstić information content (AvgIpc) is 2.63. The molecule has 2 fully saturated rings. The molecule has 1 aromatic carbocycles. The maximum Gasteiger partial charge on any atom is 0.244 e. The number of rotatable bonds is 4. The lowest BCUT2D eigenvalue weighted by molar-refractivity contribution is -0.132. The molecule has 0 bridgehead atoms. The van der Waals surface area contributed by atoms with Crippen LogP contribution in [0, 0.1) is 0 Å². The van der Waals surface area contributed by atoms with Gasteiger partial charge in [-0.2, -0.15) is 0 Å². The van der Waals surface area contributed by atoms with Crippen LogP contribution in [0.15, 0.2) is 24.3 Å². The van der Waals surface area contributed by atoms with E-state index in [4.69, 9.17) is 5.73 Å². The molecule has 1 heterocycles. The molecule has 2 amide bonds. The van der Waals surface area contributed by atoms with Crippen LogP contribution in [-0.2, 0) is 16.0 Å². The minimum atomic E-state index is -0.760. The number of anilines is 1. The van der Waals surface area contributed by atoms with Crippen molar-refractivity contribution in [1.82, 2.24) is 9.80 Å². The van der Waals surface area contributed by atoms with Crippen molar-refractivity contribution in [3.8, 4) is 0 Å². The zero-order valence-corrected chi connectivity index (χ0v) is 15.7. The molecule has 6 heteroatoms.